The molecule has 0 amide bonds. The number of hydrogen-bond donors (Lipinski definition) is 2. The number of nitrogens with one attached hydrogen (secondary N) is 1. The Hall–Kier alpha value is -1.54. The van der Waals surface area contributed by atoms with Gasteiger partial charge < -0.3 is 15.5 Å². The van der Waals surface area contributed by atoms with Gasteiger partial charge in [0.25, 0.3) is 0 Å². The predicted molar refractivity (Wildman–Crippen MR) is 85.4 cm³/mol. The average Bonchev–Trinajstić information content (AvgIpc) is 2.86. The number of aromatic nitrogens is 2. The zero-order valence-electron chi connectivity index (χ0n) is 12.7. The zero-order valence-corrected chi connectivity index (χ0v) is 13.5. The fourth-order valence-corrected chi connectivity index (χ4v) is 3.72. The molecular weight excluding hydrogens is 326 g/mol. The SMILES string of the molecule is CC[C@@H]1C(N)N(C=N)c2cnc(Cl)nc2N1[C@@H]1CCC(F)(F)C1. The van der Waals surface area contributed by atoms with Crippen molar-refractivity contribution in [2.75, 3.05) is 9.80 Å². The molecule has 126 valence electrons. The van der Waals surface area contributed by atoms with E-state index < -0.39 is 12.1 Å². The van der Waals surface area contributed by atoms with Crippen LogP contribution < -0.4 is 15.5 Å². The average molecular weight is 345 g/mol. The molecule has 0 aromatic carbocycles. The molecule has 1 aliphatic heterocycles. The Morgan fingerprint density at radius 3 is 2.87 bits per heavy atom. The van der Waals surface area contributed by atoms with Crippen LogP contribution in [0, 0.1) is 5.41 Å². The number of hydrogen-bond acceptors (Lipinski definition) is 5. The van der Waals surface area contributed by atoms with E-state index in [1.807, 2.05) is 11.8 Å². The highest BCUT2D eigenvalue weighted by molar-refractivity contribution is 6.28. The second-order valence-corrected chi connectivity index (χ2v) is 6.35. The molecule has 1 unspecified atom stereocenters. The number of rotatable bonds is 3. The third-order valence-corrected chi connectivity index (χ3v) is 4.83. The van der Waals surface area contributed by atoms with Crippen molar-refractivity contribution in [1.82, 2.24) is 9.97 Å². The summed E-state index contributed by atoms with van der Waals surface area (Å²) in [4.78, 5) is 11.6. The molecule has 6 nitrogen and oxygen atoms in total. The first-order chi connectivity index (χ1) is 10.9. The predicted octanol–water partition coefficient (Wildman–Crippen LogP) is 2.61. The van der Waals surface area contributed by atoms with Gasteiger partial charge in [0, 0.05) is 18.9 Å². The van der Waals surface area contributed by atoms with Crippen molar-refractivity contribution < 1.29 is 8.78 Å². The van der Waals surface area contributed by atoms with Crippen LogP contribution in [0.3, 0.4) is 0 Å². The number of nitrogens with two attached hydrogens (primary N) is 1. The van der Waals surface area contributed by atoms with Crippen LogP contribution in [0.4, 0.5) is 20.3 Å². The smallest absolute Gasteiger partial charge is 0.250 e. The highest BCUT2D eigenvalue weighted by Crippen LogP contribution is 2.44. The number of nitrogens with zero attached hydrogens (tertiary/aromatic N) is 4. The fourth-order valence-electron chi connectivity index (χ4n) is 3.59. The second-order valence-electron chi connectivity index (χ2n) is 6.01. The van der Waals surface area contributed by atoms with Gasteiger partial charge >= 0.3 is 0 Å². The molecule has 9 heteroatoms. The summed E-state index contributed by atoms with van der Waals surface area (Å²) in [5.41, 5.74) is 6.80. The third kappa shape index (κ3) is 2.74. The lowest BCUT2D eigenvalue weighted by Gasteiger charge is -2.48. The van der Waals surface area contributed by atoms with Gasteiger partial charge in [-0.2, -0.15) is 4.98 Å². The van der Waals surface area contributed by atoms with Gasteiger partial charge in [-0.3, -0.25) is 5.41 Å². The molecule has 2 aliphatic rings. The van der Waals surface area contributed by atoms with E-state index in [2.05, 4.69) is 9.97 Å². The molecule has 0 saturated heterocycles. The molecule has 0 bridgehead atoms. The Bertz CT molecular complexity index is 613. The van der Waals surface area contributed by atoms with Crippen molar-refractivity contribution in [2.24, 2.45) is 5.73 Å². The van der Waals surface area contributed by atoms with Crippen molar-refractivity contribution in [2.45, 2.75) is 56.8 Å². The minimum absolute atomic E-state index is 0.0498. The molecule has 3 atom stereocenters. The molecule has 3 N–H and O–H groups in total. The molecule has 2 heterocycles. The summed E-state index contributed by atoms with van der Waals surface area (Å²) in [6.07, 6.45) is 2.75. The van der Waals surface area contributed by atoms with E-state index in [0.29, 0.717) is 24.3 Å². The van der Waals surface area contributed by atoms with Crippen LogP contribution >= 0.6 is 11.6 Å². The van der Waals surface area contributed by atoms with E-state index in [4.69, 9.17) is 22.7 Å². The maximum Gasteiger partial charge on any atom is 0.250 e. The lowest BCUT2D eigenvalue weighted by atomic mass is 10.0. The van der Waals surface area contributed by atoms with Gasteiger partial charge in [-0.15, -0.1) is 0 Å². The summed E-state index contributed by atoms with van der Waals surface area (Å²) in [5.74, 6) is -2.19. The molecule has 3 rings (SSSR count). The Morgan fingerprint density at radius 2 is 2.30 bits per heavy atom. The molecule has 1 aromatic rings. The van der Waals surface area contributed by atoms with E-state index in [1.165, 1.54) is 6.20 Å². The molecule has 1 aliphatic carbocycles. The van der Waals surface area contributed by atoms with Crippen LogP contribution in [-0.2, 0) is 0 Å². The number of alkyl halides is 2. The first kappa shape index (κ1) is 16.3. The zero-order chi connectivity index (χ0) is 16.8. The standard InChI is InChI=1S/C14H19ClF2N6/c1-2-9-11(19)22(7-18)10-6-20-13(15)21-12(10)23(9)8-3-4-14(16,17)5-8/h6-9,11,18H,2-5,19H2,1H3/t8-,9-,11?/m1/s1. The highest BCUT2D eigenvalue weighted by atomic mass is 35.5. The summed E-state index contributed by atoms with van der Waals surface area (Å²) >= 11 is 5.92. The van der Waals surface area contributed by atoms with Gasteiger partial charge in [0.15, 0.2) is 5.82 Å². The van der Waals surface area contributed by atoms with Crippen LogP contribution in [0.15, 0.2) is 6.20 Å². The van der Waals surface area contributed by atoms with Crippen LogP contribution in [0.1, 0.15) is 32.6 Å². The summed E-state index contributed by atoms with van der Waals surface area (Å²) in [6, 6.07) is -0.576. The Kier molecular flexibility index (Phi) is 4.14. The molecular formula is C14H19ClF2N6. The van der Waals surface area contributed by atoms with Crippen molar-refractivity contribution in [3.05, 3.63) is 11.5 Å². The quantitative estimate of drug-likeness (QED) is 0.500. The van der Waals surface area contributed by atoms with Crippen molar-refractivity contribution in [1.29, 1.82) is 5.41 Å². The lowest BCUT2D eigenvalue weighted by molar-refractivity contribution is 0.00743. The fraction of sp³-hybridized carbons (Fsp3) is 0.643. The Labute approximate surface area is 138 Å². The van der Waals surface area contributed by atoms with E-state index >= 15 is 0 Å². The maximum absolute atomic E-state index is 13.7. The van der Waals surface area contributed by atoms with Gasteiger partial charge in [0.1, 0.15) is 11.9 Å². The minimum atomic E-state index is -2.66. The molecule has 0 radical (unpaired) electrons. The second kappa shape index (κ2) is 5.83. The highest BCUT2D eigenvalue weighted by Gasteiger charge is 2.47. The summed E-state index contributed by atoms with van der Waals surface area (Å²) < 4.78 is 27.4. The van der Waals surface area contributed by atoms with E-state index in [1.54, 1.807) is 4.90 Å². The van der Waals surface area contributed by atoms with Gasteiger partial charge in [-0.25, -0.2) is 13.8 Å². The first-order valence-corrected chi connectivity index (χ1v) is 7.99. The third-order valence-electron chi connectivity index (χ3n) is 4.64. The van der Waals surface area contributed by atoms with Crippen LogP contribution in [0.5, 0.6) is 0 Å². The summed E-state index contributed by atoms with van der Waals surface area (Å²) in [5, 5.41) is 7.66. The largest absolute Gasteiger partial charge is 0.345 e. The van der Waals surface area contributed by atoms with Crippen LogP contribution in [-0.4, -0.2) is 40.5 Å². The molecule has 1 aromatic heterocycles. The number of halogens is 3. The molecule has 1 saturated carbocycles. The van der Waals surface area contributed by atoms with Gasteiger partial charge in [-0.1, -0.05) is 6.92 Å². The van der Waals surface area contributed by atoms with Gasteiger partial charge in [0.05, 0.1) is 18.6 Å². The minimum Gasteiger partial charge on any atom is -0.345 e. The topological polar surface area (TPSA) is 82.1 Å². The number of fused-ring (bicyclic) bond motifs is 1. The van der Waals surface area contributed by atoms with E-state index in [9.17, 15) is 8.78 Å². The van der Waals surface area contributed by atoms with E-state index in [-0.39, 0.29) is 30.2 Å². The monoisotopic (exact) mass is 344 g/mol. The van der Waals surface area contributed by atoms with E-state index in [0.717, 1.165) is 6.34 Å². The van der Waals surface area contributed by atoms with Crippen molar-refractivity contribution >= 4 is 29.4 Å². The summed E-state index contributed by atoms with van der Waals surface area (Å²) in [6.45, 7) is 1.94. The van der Waals surface area contributed by atoms with Gasteiger partial charge in [0.2, 0.25) is 11.2 Å². The lowest BCUT2D eigenvalue weighted by Crippen LogP contribution is -2.62. The van der Waals surface area contributed by atoms with Gasteiger partial charge in [-0.05, 0) is 24.4 Å². The molecule has 23 heavy (non-hydrogen) atoms. The molecule has 0 spiro atoms. The Morgan fingerprint density at radius 1 is 1.57 bits per heavy atom. The summed E-state index contributed by atoms with van der Waals surface area (Å²) in [7, 11) is 0. The Balaban J connectivity index is 2.09. The number of anilines is 2. The van der Waals surface area contributed by atoms with Crippen LogP contribution in [0.25, 0.3) is 0 Å². The van der Waals surface area contributed by atoms with Crippen LogP contribution in [0.2, 0.25) is 5.28 Å². The van der Waals surface area contributed by atoms with Crippen molar-refractivity contribution in [3.63, 3.8) is 0 Å². The first-order valence-electron chi connectivity index (χ1n) is 7.61. The van der Waals surface area contributed by atoms with Crippen molar-refractivity contribution in [3.8, 4) is 0 Å². The maximum atomic E-state index is 13.7. The molecule has 1 fully saturated rings. The normalized spacial score (nSPS) is 29.5.